The summed E-state index contributed by atoms with van der Waals surface area (Å²) in [5, 5.41) is 4.28. The van der Waals surface area contributed by atoms with Gasteiger partial charge in [-0.05, 0) is 31.4 Å². The van der Waals surface area contributed by atoms with E-state index in [1.165, 1.54) is 17.5 Å². The summed E-state index contributed by atoms with van der Waals surface area (Å²) in [4.78, 5) is 16.1. The van der Waals surface area contributed by atoms with E-state index < -0.39 is 0 Å². The van der Waals surface area contributed by atoms with Gasteiger partial charge < -0.3 is 10.1 Å². The Hall–Kier alpha value is -1.62. The number of thiazole rings is 1. The highest BCUT2D eigenvalue weighted by Crippen LogP contribution is 2.25. The van der Waals surface area contributed by atoms with Crippen molar-refractivity contribution in [2.24, 2.45) is 0 Å². The molecule has 23 heavy (non-hydrogen) atoms. The van der Waals surface area contributed by atoms with Gasteiger partial charge in [0, 0.05) is 13.0 Å². The van der Waals surface area contributed by atoms with E-state index in [1.54, 1.807) is 11.3 Å². The van der Waals surface area contributed by atoms with Crippen LogP contribution in [0.1, 0.15) is 51.9 Å². The van der Waals surface area contributed by atoms with Crippen molar-refractivity contribution in [1.82, 2.24) is 4.98 Å². The molecule has 1 aromatic heterocycles. The second kappa shape index (κ2) is 10.2. The molecule has 0 unspecified atom stereocenters. The zero-order valence-corrected chi connectivity index (χ0v) is 14.7. The highest BCUT2D eigenvalue weighted by atomic mass is 32.1. The first-order valence-electron chi connectivity index (χ1n) is 8.54. The fraction of sp³-hybridized carbons (Fsp3) is 0.556. The van der Waals surface area contributed by atoms with Crippen molar-refractivity contribution < 1.29 is 9.53 Å². The number of carbonyl (C=O) groups excluding carboxylic acids is 1. The summed E-state index contributed by atoms with van der Waals surface area (Å²) < 4.78 is 6.42. The number of benzene rings is 1. The van der Waals surface area contributed by atoms with Crippen molar-refractivity contribution >= 4 is 32.7 Å². The van der Waals surface area contributed by atoms with E-state index in [2.05, 4.69) is 23.3 Å². The zero-order chi connectivity index (χ0) is 16.3. The molecule has 0 radical (unpaired) electrons. The van der Waals surface area contributed by atoms with Crippen LogP contribution in [0.4, 0.5) is 5.13 Å². The monoisotopic (exact) mass is 334 g/mol. The van der Waals surface area contributed by atoms with Crippen LogP contribution < -0.4 is 5.32 Å². The van der Waals surface area contributed by atoms with Crippen LogP contribution in [0.3, 0.4) is 0 Å². The van der Waals surface area contributed by atoms with Gasteiger partial charge in [-0.2, -0.15) is 0 Å². The van der Waals surface area contributed by atoms with Crippen molar-refractivity contribution in [1.29, 1.82) is 0 Å². The van der Waals surface area contributed by atoms with Crippen LogP contribution in [-0.2, 0) is 9.53 Å². The molecule has 4 nitrogen and oxygen atoms in total. The lowest BCUT2D eigenvalue weighted by molar-refractivity contribution is -0.143. The molecule has 126 valence electrons. The van der Waals surface area contributed by atoms with E-state index in [4.69, 9.17) is 4.74 Å². The molecule has 1 N–H and O–H groups in total. The van der Waals surface area contributed by atoms with E-state index in [9.17, 15) is 4.79 Å². The minimum atomic E-state index is -0.0681. The lowest BCUT2D eigenvalue weighted by Gasteiger charge is -2.05. The summed E-state index contributed by atoms with van der Waals surface area (Å²) in [7, 11) is 0. The standard InChI is InChI=1S/C18H26N2O2S/c1-2-3-4-9-14-22-17(21)12-7-8-13-19-18-20-15-10-5-6-11-16(15)23-18/h5-6,10-11H,2-4,7-9,12-14H2,1H3,(H,19,20). The fourth-order valence-electron chi connectivity index (χ4n) is 2.32. The minimum Gasteiger partial charge on any atom is -0.466 e. The number of rotatable bonds is 11. The summed E-state index contributed by atoms with van der Waals surface area (Å²) >= 11 is 1.67. The van der Waals surface area contributed by atoms with Crippen molar-refractivity contribution in [3.63, 3.8) is 0 Å². The largest absolute Gasteiger partial charge is 0.466 e. The van der Waals surface area contributed by atoms with Gasteiger partial charge in [-0.25, -0.2) is 4.98 Å². The SMILES string of the molecule is CCCCCCOC(=O)CCCCNc1nc2ccccc2s1. The molecule has 0 fully saturated rings. The molecule has 2 rings (SSSR count). The van der Waals surface area contributed by atoms with Crippen LogP contribution >= 0.6 is 11.3 Å². The first kappa shape index (κ1) is 17.7. The Kier molecular flexibility index (Phi) is 7.87. The van der Waals surface area contributed by atoms with E-state index in [-0.39, 0.29) is 5.97 Å². The van der Waals surface area contributed by atoms with Crippen LogP contribution in [0.5, 0.6) is 0 Å². The maximum Gasteiger partial charge on any atom is 0.305 e. The maximum absolute atomic E-state index is 11.6. The number of fused-ring (bicyclic) bond motifs is 1. The predicted octanol–water partition coefficient (Wildman–Crippen LogP) is 5.00. The van der Waals surface area contributed by atoms with Gasteiger partial charge in [-0.3, -0.25) is 4.79 Å². The number of aromatic nitrogens is 1. The van der Waals surface area contributed by atoms with E-state index in [0.717, 1.165) is 42.9 Å². The highest BCUT2D eigenvalue weighted by molar-refractivity contribution is 7.22. The van der Waals surface area contributed by atoms with Gasteiger partial charge in [0.15, 0.2) is 5.13 Å². The maximum atomic E-state index is 11.6. The normalized spacial score (nSPS) is 10.8. The highest BCUT2D eigenvalue weighted by Gasteiger charge is 2.04. The molecule has 0 aliphatic heterocycles. The molecule has 0 saturated heterocycles. The topological polar surface area (TPSA) is 51.2 Å². The van der Waals surface area contributed by atoms with E-state index in [1.807, 2.05) is 18.2 Å². The molecule has 1 aromatic carbocycles. The first-order chi connectivity index (χ1) is 11.3. The van der Waals surface area contributed by atoms with Gasteiger partial charge in [0.1, 0.15) is 0 Å². The van der Waals surface area contributed by atoms with Crippen molar-refractivity contribution in [2.75, 3.05) is 18.5 Å². The molecule has 2 aromatic rings. The molecule has 5 heteroatoms. The second-order valence-corrected chi connectivity index (χ2v) is 6.68. The molecule has 0 bridgehead atoms. The summed E-state index contributed by atoms with van der Waals surface area (Å²) in [5.41, 5.74) is 1.03. The molecular formula is C18H26N2O2S. The lowest BCUT2D eigenvalue weighted by Crippen LogP contribution is -2.07. The quantitative estimate of drug-likeness (QED) is 0.464. The Morgan fingerprint density at radius 3 is 2.87 bits per heavy atom. The number of ether oxygens (including phenoxy) is 1. The number of nitrogens with zero attached hydrogens (tertiary/aromatic N) is 1. The third-order valence-electron chi connectivity index (χ3n) is 3.64. The Bertz CT molecular complexity index is 564. The molecule has 0 aliphatic rings. The third-order valence-corrected chi connectivity index (χ3v) is 4.63. The number of hydrogen-bond donors (Lipinski definition) is 1. The molecular weight excluding hydrogens is 308 g/mol. The molecule has 0 spiro atoms. The zero-order valence-electron chi connectivity index (χ0n) is 13.8. The van der Waals surface area contributed by atoms with Gasteiger partial charge in [0.2, 0.25) is 0 Å². The summed E-state index contributed by atoms with van der Waals surface area (Å²) in [5.74, 6) is -0.0681. The summed E-state index contributed by atoms with van der Waals surface area (Å²) in [6.45, 7) is 3.58. The minimum absolute atomic E-state index is 0.0681. The third kappa shape index (κ3) is 6.57. The fourth-order valence-corrected chi connectivity index (χ4v) is 3.22. The Labute approximate surface area is 142 Å². The number of hydrogen-bond acceptors (Lipinski definition) is 5. The van der Waals surface area contributed by atoms with Gasteiger partial charge in [0.25, 0.3) is 0 Å². The number of anilines is 1. The van der Waals surface area contributed by atoms with Crippen molar-refractivity contribution in [2.45, 2.75) is 51.9 Å². The smallest absolute Gasteiger partial charge is 0.305 e. The Balaban J connectivity index is 1.52. The first-order valence-corrected chi connectivity index (χ1v) is 9.36. The number of esters is 1. The van der Waals surface area contributed by atoms with Crippen LogP contribution in [0, 0.1) is 0 Å². The van der Waals surface area contributed by atoms with E-state index in [0.29, 0.717) is 13.0 Å². The number of unbranched alkanes of at least 4 members (excludes halogenated alkanes) is 4. The summed E-state index contributed by atoms with van der Waals surface area (Å²) in [6, 6.07) is 8.13. The Morgan fingerprint density at radius 1 is 1.17 bits per heavy atom. The van der Waals surface area contributed by atoms with Crippen LogP contribution in [0.25, 0.3) is 10.2 Å². The number of carbonyl (C=O) groups is 1. The summed E-state index contributed by atoms with van der Waals surface area (Å²) in [6.07, 6.45) is 6.86. The Morgan fingerprint density at radius 2 is 2.04 bits per heavy atom. The molecule has 0 amide bonds. The number of nitrogens with one attached hydrogen (secondary N) is 1. The van der Waals surface area contributed by atoms with Gasteiger partial charge >= 0.3 is 5.97 Å². The van der Waals surface area contributed by atoms with Gasteiger partial charge in [-0.1, -0.05) is 49.7 Å². The number of para-hydroxylation sites is 1. The average molecular weight is 334 g/mol. The van der Waals surface area contributed by atoms with Crippen molar-refractivity contribution in [3.05, 3.63) is 24.3 Å². The average Bonchev–Trinajstić information content (AvgIpc) is 2.97. The van der Waals surface area contributed by atoms with Crippen molar-refractivity contribution in [3.8, 4) is 0 Å². The molecule has 0 saturated carbocycles. The van der Waals surface area contributed by atoms with Crippen LogP contribution in [-0.4, -0.2) is 24.1 Å². The second-order valence-electron chi connectivity index (χ2n) is 5.65. The predicted molar refractivity (Wildman–Crippen MR) is 97.1 cm³/mol. The molecule has 1 heterocycles. The van der Waals surface area contributed by atoms with Gasteiger partial charge in [-0.15, -0.1) is 0 Å². The van der Waals surface area contributed by atoms with Crippen LogP contribution in [0.15, 0.2) is 24.3 Å². The van der Waals surface area contributed by atoms with E-state index >= 15 is 0 Å². The lowest BCUT2D eigenvalue weighted by atomic mass is 10.2. The molecule has 0 aliphatic carbocycles. The van der Waals surface area contributed by atoms with Crippen LogP contribution in [0.2, 0.25) is 0 Å². The van der Waals surface area contributed by atoms with Gasteiger partial charge in [0.05, 0.1) is 16.8 Å². The molecule has 0 atom stereocenters.